The van der Waals surface area contributed by atoms with E-state index in [1.54, 1.807) is 0 Å². The molecule has 0 aromatic rings. The molecule has 0 aliphatic carbocycles. The van der Waals surface area contributed by atoms with Crippen LogP contribution in [0.25, 0.3) is 0 Å². The van der Waals surface area contributed by atoms with E-state index in [4.69, 9.17) is 9.47 Å². The zero-order valence-corrected chi connectivity index (χ0v) is 37.0. The van der Waals surface area contributed by atoms with E-state index >= 15 is 0 Å². The van der Waals surface area contributed by atoms with Gasteiger partial charge in [0.2, 0.25) is 0 Å². The third-order valence-corrected chi connectivity index (χ3v) is 12.0. The number of hydrogen-bond acceptors (Lipinski definition) is 7. The Morgan fingerprint density at radius 3 is 1.26 bits per heavy atom. The fraction of sp³-hybridized carbons (Fsp3) is 0.935. The first-order valence-corrected chi connectivity index (χ1v) is 24.4. The summed E-state index contributed by atoms with van der Waals surface area (Å²) in [7, 11) is 0. The third-order valence-electron chi connectivity index (χ3n) is 11.0. The van der Waals surface area contributed by atoms with Crippen LogP contribution in [0.5, 0.6) is 0 Å². The molecule has 0 radical (unpaired) electrons. The quantitative estimate of drug-likeness (QED) is 0.0456. The minimum atomic E-state index is -0.133. The summed E-state index contributed by atoms with van der Waals surface area (Å²) in [5.41, 5.74) is 0. The minimum Gasteiger partial charge on any atom is -0.462 e. The van der Waals surface area contributed by atoms with Crippen LogP contribution >= 0.6 is 11.8 Å². The molecule has 0 spiro atoms. The molecule has 318 valence electrons. The smallest absolute Gasteiger partial charge is 0.306 e. The number of hydrogen-bond donors (Lipinski definition) is 0. The zero-order chi connectivity index (χ0) is 39.3. The molecule has 7 nitrogen and oxygen atoms in total. The van der Waals surface area contributed by atoms with Gasteiger partial charge in [0.15, 0.2) is 0 Å². The highest BCUT2D eigenvalue weighted by Gasteiger charge is 2.20. The van der Waals surface area contributed by atoms with Gasteiger partial charge in [0.05, 0.1) is 0 Å². The van der Waals surface area contributed by atoms with Crippen LogP contribution in [-0.2, 0) is 19.1 Å². The standard InChI is InChI=1S/C46H88N2O5S/c1-5-9-13-17-21-30-42(31-22-18-14-10-6-2)52-44(49)34-27-39-48(46(51)54-41-29-38-47-36-25-26-37-47)40-28-35-45(50)53-43(32-23-19-15-11-7-3)33-24-20-16-12-8-4/h42-43H,5-41H2,1-4H3. The van der Waals surface area contributed by atoms with Gasteiger partial charge in [-0.05, 0) is 103 Å². The van der Waals surface area contributed by atoms with Crippen molar-refractivity contribution in [2.24, 2.45) is 0 Å². The highest BCUT2D eigenvalue weighted by atomic mass is 32.2. The van der Waals surface area contributed by atoms with E-state index in [1.165, 1.54) is 140 Å². The van der Waals surface area contributed by atoms with E-state index in [0.29, 0.717) is 38.8 Å². The van der Waals surface area contributed by atoms with Crippen LogP contribution in [-0.4, -0.2) is 77.7 Å². The molecule has 54 heavy (non-hydrogen) atoms. The van der Waals surface area contributed by atoms with Crippen molar-refractivity contribution in [3.8, 4) is 0 Å². The Hall–Kier alpha value is -1.28. The van der Waals surface area contributed by atoms with E-state index in [1.807, 2.05) is 4.90 Å². The van der Waals surface area contributed by atoms with E-state index in [-0.39, 0.29) is 29.4 Å². The lowest BCUT2D eigenvalue weighted by molar-refractivity contribution is -0.150. The SMILES string of the molecule is CCCCCCCC(CCCCCCC)OC(=O)CCCN(CCCC(=O)OC(CCCCCCC)CCCCCCC)C(=O)SCCCN1CCCC1. The van der Waals surface area contributed by atoms with Crippen molar-refractivity contribution in [3.63, 3.8) is 0 Å². The maximum absolute atomic E-state index is 13.5. The Morgan fingerprint density at radius 1 is 0.519 bits per heavy atom. The third kappa shape index (κ3) is 29.9. The predicted octanol–water partition coefficient (Wildman–Crippen LogP) is 13.5. The molecule has 0 atom stereocenters. The van der Waals surface area contributed by atoms with Crippen LogP contribution in [0.3, 0.4) is 0 Å². The van der Waals surface area contributed by atoms with Gasteiger partial charge in [0, 0.05) is 31.7 Å². The van der Waals surface area contributed by atoms with Crippen LogP contribution in [0.4, 0.5) is 4.79 Å². The molecule has 8 heteroatoms. The summed E-state index contributed by atoms with van der Waals surface area (Å²) >= 11 is 1.39. The number of likely N-dealkylation sites (tertiary alicyclic amines) is 1. The lowest BCUT2D eigenvalue weighted by Crippen LogP contribution is -2.31. The van der Waals surface area contributed by atoms with Crippen molar-refractivity contribution in [2.45, 2.75) is 239 Å². The molecule has 0 unspecified atom stereocenters. The molecule has 1 heterocycles. The second-order valence-corrected chi connectivity index (χ2v) is 17.3. The van der Waals surface area contributed by atoms with Crippen LogP contribution in [0.1, 0.15) is 227 Å². The van der Waals surface area contributed by atoms with Crippen molar-refractivity contribution in [1.29, 1.82) is 0 Å². The lowest BCUT2D eigenvalue weighted by Gasteiger charge is -2.23. The van der Waals surface area contributed by atoms with Crippen molar-refractivity contribution < 1.29 is 23.9 Å². The maximum atomic E-state index is 13.5. The molecule has 1 saturated heterocycles. The monoisotopic (exact) mass is 781 g/mol. The van der Waals surface area contributed by atoms with Crippen molar-refractivity contribution in [3.05, 3.63) is 0 Å². The maximum Gasteiger partial charge on any atom is 0.306 e. The fourth-order valence-electron chi connectivity index (χ4n) is 7.58. The predicted molar refractivity (Wildman–Crippen MR) is 231 cm³/mol. The number of esters is 2. The van der Waals surface area contributed by atoms with E-state index in [0.717, 1.165) is 70.1 Å². The largest absolute Gasteiger partial charge is 0.462 e. The number of carbonyl (C=O) groups excluding carboxylic acids is 3. The number of rotatable bonds is 38. The summed E-state index contributed by atoms with van der Waals surface area (Å²) in [6, 6.07) is 0. The van der Waals surface area contributed by atoms with Crippen LogP contribution in [0.15, 0.2) is 0 Å². The molecule has 1 amide bonds. The summed E-state index contributed by atoms with van der Waals surface area (Å²) in [5, 5.41) is 0.0622. The number of unbranched alkanes of at least 4 members (excludes halogenated alkanes) is 16. The normalized spacial score (nSPS) is 13.3. The molecule has 0 aromatic carbocycles. The van der Waals surface area contributed by atoms with Crippen LogP contribution in [0, 0.1) is 0 Å². The van der Waals surface area contributed by atoms with Gasteiger partial charge in [0.1, 0.15) is 12.2 Å². The molecule has 0 N–H and O–H groups in total. The van der Waals surface area contributed by atoms with Crippen LogP contribution in [0.2, 0.25) is 0 Å². The number of carbonyl (C=O) groups is 3. The van der Waals surface area contributed by atoms with Gasteiger partial charge in [-0.1, -0.05) is 142 Å². The van der Waals surface area contributed by atoms with E-state index < -0.39 is 0 Å². The average molecular weight is 781 g/mol. The Bertz CT molecular complexity index is 803. The first-order chi connectivity index (χ1) is 26.4. The first-order valence-electron chi connectivity index (χ1n) is 23.5. The summed E-state index contributed by atoms with van der Waals surface area (Å²) in [6.07, 6.45) is 33.5. The van der Waals surface area contributed by atoms with Gasteiger partial charge < -0.3 is 19.3 Å². The molecular formula is C46H88N2O5S. The molecule has 1 aliphatic heterocycles. The van der Waals surface area contributed by atoms with E-state index in [2.05, 4.69) is 32.6 Å². The highest BCUT2D eigenvalue weighted by molar-refractivity contribution is 8.13. The van der Waals surface area contributed by atoms with Crippen molar-refractivity contribution in [1.82, 2.24) is 9.80 Å². The van der Waals surface area contributed by atoms with E-state index in [9.17, 15) is 14.4 Å². The van der Waals surface area contributed by atoms with Gasteiger partial charge in [-0.25, -0.2) is 0 Å². The Kier molecular flexibility index (Phi) is 35.1. The summed E-state index contributed by atoms with van der Waals surface area (Å²) in [5.74, 6) is 0.533. The van der Waals surface area contributed by atoms with Gasteiger partial charge in [-0.2, -0.15) is 0 Å². The summed E-state index contributed by atoms with van der Waals surface area (Å²) < 4.78 is 12.1. The van der Waals surface area contributed by atoms with Crippen molar-refractivity contribution >= 4 is 28.9 Å². The molecule has 0 aromatic heterocycles. The van der Waals surface area contributed by atoms with Gasteiger partial charge in [-0.3, -0.25) is 14.4 Å². The fourth-order valence-corrected chi connectivity index (χ4v) is 8.40. The Labute approximate surface area is 339 Å². The van der Waals surface area contributed by atoms with Crippen LogP contribution < -0.4 is 0 Å². The molecule has 0 bridgehead atoms. The van der Waals surface area contributed by atoms with Gasteiger partial charge in [-0.15, -0.1) is 0 Å². The topological polar surface area (TPSA) is 76.1 Å². The Morgan fingerprint density at radius 2 is 0.889 bits per heavy atom. The van der Waals surface area contributed by atoms with Gasteiger partial charge >= 0.3 is 11.9 Å². The second kappa shape index (κ2) is 37.3. The summed E-state index contributed by atoms with van der Waals surface area (Å²) in [6.45, 7) is 13.4. The van der Waals surface area contributed by atoms with Crippen molar-refractivity contribution in [2.75, 3.05) is 38.5 Å². The number of thioether (sulfide) groups is 1. The molecule has 1 rings (SSSR count). The zero-order valence-electron chi connectivity index (χ0n) is 36.2. The number of ether oxygens (including phenoxy) is 2. The first kappa shape index (κ1) is 50.7. The molecule has 1 aliphatic rings. The minimum absolute atomic E-state index is 0.00664. The number of amides is 1. The second-order valence-electron chi connectivity index (χ2n) is 16.2. The average Bonchev–Trinajstić information content (AvgIpc) is 3.69. The Balaban J connectivity index is 2.68. The highest BCUT2D eigenvalue weighted by Crippen LogP contribution is 2.20. The summed E-state index contributed by atoms with van der Waals surface area (Å²) in [4.78, 5) is 44.0. The molecular weight excluding hydrogens is 693 g/mol. The van der Waals surface area contributed by atoms with Gasteiger partial charge in [0.25, 0.3) is 5.24 Å². The molecule has 1 fully saturated rings. The lowest BCUT2D eigenvalue weighted by atomic mass is 10.0. The molecule has 0 saturated carbocycles. The number of nitrogens with zero attached hydrogens (tertiary/aromatic N) is 2.